The Bertz CT molecular complexity index is 740. The Kier molecular flexibility index (Phi) is 5.02. The van der Waals surface area contributed by atoms with Crippen molar-refractivity contribution in [3.63, 3.8) is 0 Å². The quantitative estimate of drug-likeness (QED) is 0.852. The molecular weight excluding hydrogens is 341 g/mol. The zero-order valence-corrected chi connectivity index (χ0v) is 14.3. The Hall–Kier alpha value is -1.98. The van der Waals surface area contributed by atoms with Crippen LogP contribution in [0.3, 0.4) is 0 Å². The van der Waals surface area contributed by atoms with Crippen LogP contribution >= 0.6 is 23.2 Å². The van der Waals surface area contributed by atoms with E-state index in [9.17, 15) is 14.7 Å². The van der Waals surface area contributed by atoms with Crippen LogP contribution in [0.4, 0.5) is 4.79 Å². The summed E-state index contributed by atoms with van der Waals surface area (Å²) in [6.07, 6.45) is 1.01. The number of halogens is 2. The number of rotatable bonds is 2. The Morgan fingerprint density at radius 3 is 2.48 bits per heavy atom. The van der Waals surface area contributed by atoms with Crippen molar-refractivity contribution in [2.45, 2.75) is 19.8 Å². The summed E-state index contributed by atoms with van der Waals surface area (Å²) in [7, 11) is 1.24. The minimum absolute atomic E-state index is 0.0465. The maximum absolute atomic E-state index is 11.9. The van der Waals surface area contributed by atoms with E-state index >= 15 is 0 Å². The Morgan fingerprint density at radius 2 is 1.91 bits per heavy atom. The lowest BCUT2D eigenvalue weighted by atomic mass is 9.86. The smallest absolute Gasteiger partial charge is 0.418 e. The third kappa shape index (κ3) is 3.07. The number of nitrogens with zero attached hydrogens (tertiary/aromatic N) is 1. The topological polar surface area (TPSA) is 66.8 Å². The minimum Gasteiger partial charge on any atom is -0.478 e. The van der Waals surface area contributed by atoms with E-state index < -0.39 is 18.0 Å². The molecule has 0 radical (unpaired) electrons. The van der Waals surface area contributed by atoms with Crippen LogP contribution in [0.1, 0.15) is 25.3 Å². The number of carboxylic acids is 1. The molecule has 5 nitrogen and oxygen atoms in total. The molecule has 1 aromatic carbocycles. The van der Waals surface area contributed by atoms with E-state index in [-0.39, 0.29) is 11.3 Å². The number of aliphatic carboxylic acids is 1. The molecule has 23 heavy (non-hydrogen) atoms. The SMILES string of the molecule is COC(=O)N1C(C)=CC(c2cccc(Cl)c2Cl)C(C(=O)O)=C1C. The van der Waals surface area contributed by atoms with Crippen LogP contribution in [0.15, 0.2) is 41.2 Å². The Balaban J connectivity index is 2.65. The second-order valence-corrected chi connectivity index (χ2v) is 5.82. The van der Waals surface area contributed by atoms with Gasteiger partial charge in [0.2, 0.25) is 0 Å². The number of methoxy groups -OCH3 is 1. The van der Waals surface area contributed by atoms with E-state index in [0.717, 1.165) is 0 Å². The highest BCUT2D eigenvalue weighted by atomic mass is 35.5. The third-order valence-corrected chi connectivity index (χ3v) is 4.53. The zero-order valence-electron chi connectivity index (χ0n) is 12.8. The summed E-state index contributed by atoms with van der Waals surface area (Å²) in [5, 5.41) is 10.3. The van der Waals surface area contributed by atoms with Crippen LogP contribution in [0.25, 0.3) is 0 Å². The number of carbonyl (C=O) groups excluding carboxylic acids is 1. The molecular formula is C16H15Cl2NO4. The average Bonchev–Trinajstić information content (AvgIpc) is 2.48. The molecule has 0 bridgehead atoms. The van der Waals surface area contributed by atoms with Crippen molar-refractivity contribution >= 4 is 35.3 Å². The molecule has 0 saturated carbocycles. The fourth-order valence-electron chi connectivity index (χ4n) is 2.68. The largest absolute Gasteiger partial charge is 0.478 e. The molecule has 1 amide bonds. The second kappa shape index (κ2) is 6.64. The number of hydrogen-bond donors (Lipinski definition) is 1. The molecule has 0 fully saturated rings. The predicted molar refractivity (Wildman–Crippen MR) is 87.5 cm³/mol. The van der Waals surface area contributed by atoms with E-state index in [0.29, 0.717) is 21.3 Å². The van der Waals surface area contributed by atoms with E-state index in [1.165, 1.54) is 12.0 Å². The summed E-state index contributed by atoms with van der Waals surface area (Å²) in [6, 6.07) is 5.05. The molecule has 0 saturated heterocycles. The van der Waals surface area contributed by atoms with Gasteiger partial charge in [0.15, 0.2) is 0 Å². The third-order valence-electron chi connectivity index (χ3n) is 3.70. The second-order valence-electron chi connectivity index (χ2n) is 5.04. The first-order valence-electron chi connectivity index (χ1n) is 6.74. The van der Waals surface area contributed by atoms with Gasteiger partial charge in [-0.25, -0.2) is 9.59 Å². The molecule has 0 aliphatic carbocycles. The molecule has 1 heterocycles. The van der Waals surface area contributed by atoms with Crippen LogP contribution in [0.2, 0.25) is 10.0 Å². The highest BCUT2D eigenvalue weighted by Gasteiger charge is 2.34. The maximum Gasteiger partial charge on any atom is 0.418 e. The van der Waals surface area contributed by atoms with E-state index in [4.69, 9.17) is 27.9 Å². The molecule has 1 aromatic rings. The maximum atomic E-state index is 11.9. The first-order valence-corrected chi connectivity index (χ1v) is 7.49. The average molecular weight is 356 g/mol. The molecule has 1 N–H and O–H groups in total. The highest BCUT2D eigenvalue weighted by Crippen LogP contribution is 2.41. The van der Waals surface area contributed by atoms with Gasteiger partial charge in [-0.15, -0.1) is 0 Å². The van der Waals surface area contributed by atoms with E-state index in [1.54, 1.807) is 38.1 Å². The molecule has 1 aliphatic rings. The van der Waals surface area contributed by atoms with Crippen LogP contribution in [0, 0.1) is 0 Å². The number of hydrogen-bond acceptors (Lipinski definition) is 3. The number of ether oxygens (including phenoxy) is 1. The number of amides is 1. The summed E-state index contributed by atoms with van der Waals surface area (Å²) in [5.74, 6) is -1.75. The van der Waals surface area contributed by atoms with Crippen LogP contribution in [0.5, 0.6) is 0 Å². The van der Waals surface area contributed by atoms with Gasteiger partial charge in [0.1, 0.15) is 0 Å². The van der Waals surface area contributed by atoms with Gasteiger partial charge < -0.3 is 9.84 Å². The summed E-state index contributed by atoms with van der Waals surface area (Å²) in [4.78, 5) is 24.9. The van der Waals surface area contributed by atoms with Crippen LogP contribution in [-0.4, -0.2) is 29.2 Å². The highest BCUT2D eigenvalue weighted by molar-refractivity contribution is 6.42. The zero-order chi connectivity index (χ0) is 17.3. The minimum atomic E-state index is -1.14. The standard InChI is InChI=1S/C16H15Cl2NO4/c1-8-7-11(10-5-4-6-12(17)14(10)18)13(15(20)21)9(2)19(8)16(22)23-3/h4-7,11H,1-3H3,(H,20,21). The fraction of sp³-hybridized carbons (Fsp3) is 0.250. The molecule has 7 heteroatoms. The van der Waals surface area contributed by atoms with Gasteiger partial charge in [0.25, 0.3) is 0 Å². The number of carbonyl (C=O) groups is 2. The van der Waals surface area contributed by atoms with Gasteiger partial charge in [0, 0.05) is 17.3 Å². The molecule has 0 spiro atoms. The molecule has 1 unspecified atom stereocenters. The lowest BCUT2D eigenvalue weighted by molar-refractivity contribution is -0.133. The van der Waals surface area contributed by atoms with Crippen molar-refractivity contribution in [1.29, 1.82) is 0 Å². The van der Waals surface area contributed by atoms with Crippen molar-refractivity contribution in [3.05, 3.63) is 56.9 Å². The van der Waals surface area contributed by atoms with Crippen LogP contribution in [-0.2, 0) is 9.53 Å². The number of benzene rings is 1. The van der Waals surface area contributed by atoms with Crippen molar-refractivity contribution in [2.75, 3.05) is 7.11 Å². The van der Waals surface area contributed by atoms with Crippen molar-refractivity contribution in [2.24, 2.45) is 0 Å². The number of allylic oxidation sites excluding steroid dienone is 3. The molecule has 1 atom stereocenters. The summed E-state index contributed by atoms with van der Waals surface area (Å²) >= 11 is 12.3. The normalized spacial score (nSPS) is 17.9. The summed E-state index contributed by atoms with van der Waals surface area (Å²) in [6.45, 7) is 3.26. The molecule has 0 aromatic heterocycles. The van der Waals surface area contributed by atoms with Gasteiger partial charge in [-0.2, -0.15) is 0 Å². The lowest BCUT2D eigenvalue weighted by Gasteiger charge is -2.32. The van der Waals surface area contributed by atoms with Gasteiger partial charge >= 0.3 is 12.1 Å². The first kappa shape index (κ1) is 17.4. The summed E-state index contributed by atoms with van der Waals surface area (Å²) in [5.41, 5.74) is 1.45. The van der Waals surface area contributed by atoms with Crippen molar-refractivity contribution < 1.29 is 19.4 Å². The van der Waals surface area contributed by atoms with Gasteiger partial charge in [-0.1, -0.05) is 41.4 Å². The summed E-state index contributed by atoms with van der Waals surface area (Å²) < 4.78 is 4.71. The van der Waals surface area contributed by atoms with Gasteiger partial charge in [-0.3, -0.25) is 4.90 Å². The number of carboxylic acid groups (broad SMARTS) is 1. The fourth-order valence-corrected chi connectivity index (χ4v) is 3.10. The monoisotopic (exact) mass is 355 g/mol. The van der Waals surface area contributed by atoms with Gasteiger partial charge in [0.05, 0.1) is 22.7 Å². The predicted octanol–water partition coefficient (Wildman–Crippen LogP) is 4.42. The lowest BCUT2D eigenvalue weighted by Crippen LogP contribution is -2.33. The van der Waals surface area contributed by atoms with Crippen LogP contribution < -0.4 is 0 Å². The molecule has 2 rings (SSSR count). The van der Waals surface area contributed by atoms with E-state index in [2.05, 4.69) is 0 Å². The Labute approximate surface area is 143 Å². The molecule has 1 aliphatic heterocycles. The van der Waals surface area contributed by atoms with E-state index in [1.807, 2.05) is 0 Å². The Morgan fingerprint density at radius 1 is 1.26 bits per heavy atom. The van der Waals surface area contributed by atoms with Crippen molar-refractivity contribution in [3.8, 4) is 0 Å². The first-order chi connectivity index (χ1) is 10.8. The van der Waals surface area contributed by atoms with Gasteiger partial charge in [-0.05, 0) is 25.5 Å². The van der Waals surface area contributed by atoms with Crippen molar-refractivity contribution in [1.82, 2.24) is 4.90 Å². The molecule has 122 valence electrons.